The average Bonchev–Trinajstić information content (AvgIpc) is 2.68. The van der Waals surface area contributed by atoms with Crippen LogP contribution in [0.4, 0.5) is 4.79 Å². The van der Waals surface area contributed by atoms with Crippen LogP contribution in [0.5, 0.6) is 0 Å². The van der Waals surface area contributed by atoms with E-state index in [-0.39, 0.29) is 50.7 Å². The van der Waals surface area contributed by atoms with Crippen LogP contribution in [0.25, 0.3) is 0 Å². The van der Waals surface area contributed by atoms with Crippen LogP contribution in [0, 0.1) is 5.92 Å². The van der Waals surface area contributed by atoms with Crippen molar-refractivity contribution >= 4 is 30.3 Å². The Balaban J connectivity index is 0.00000242. The molecule has 0 bridgehead atoms. The van der Waals surface area contributed by atoms with Gasteiger partial charge in [0.05, 0.1) is 0 Å². The Kier molecular flexibility index (Phi) is 6.85. The SMILES string of the molecule is Cl.O=C(O)C1CCN(C(=O)OCc2ccccc2)CCC1=O. The normalized spacial score (nSPS) is 18.1. The summed E-state index contributed by atoms with van der Waals surface area (Å²) in [6, 6.07) is 9.27. The molecule has 1 aliphatic rings. The van der Waals surface area contributed by atoms with Crippen LogP contribution in [-0.2, 0) is 20.9 Å². The molecule has 1 fully saturated rings. The Morgan fingerprint density at radius 3 is 2.55 bits per heavy atom. The summed E-state index contributed by atoms with van der Waals surface area (Å²) in [5, 5.41) is 8.96. The standard InChI is InChI=1S/C15H17NO5.ClH/c17-13-7-9-16(8-6-12(13)14(18)19)15(20)21-10-11-4-2-1-3-5-11;/h1-5,12H,6-10H2,(H,18,19);1H. The number of ether oxygens (including phenoxy) is 1. The predicted molar refractivity (Wildman–Crippen MR) is 80.8 cm³/mol. The lowest BCUT2D eigenvalue weighted by atomic mass is 10.00. The minimum absolute atomic E-state index is 0. The molecule has 1 saturated heterocycles. The molecule has 1 unspecified atom stereocenters. The van der Waals surface area contributed by atoms with E-state index in [4.69, 9.17) is 9.84 Å². The van der Waals surface area contributed by atoms with Gasteiger partial charge >= 0.3 is 12.1 Å². The Labute approximate surface area is 134 Å². The summed E-state index contributed by atoms with van der Waals surface area (Å²) in [5.74, 6) is -2.47. The van der Waals surface area contributed by atoms with Gasteiger partial charge in [0.25, 0.3) is 0 Å². The second-order valence-corrected chi connectivity index (χ2v) is 4.92. The number of ketones is 1. The number of carboxylic acids is 1. The summed E-state index contributed by atoms with van der Waals surface area (Å²) < 4.78 is 5.18. The first kappa shape index (κ1) is 18.0. The third kappa shape index (κ3) is 4.73. The molecule has 1 heterocycles. The number of hydrogen-bond acceptors (Lipinski definition) is 4. The van der Waals surface area contributed by atoms with Crippen molar-refractivity contribution in [1.82, 2.24) is 4.90 Å². The van der Waals surface area contributed by atoms with Crippen LogP contribution in [0.1, 0.15) is 18.4 Å². The molecule has 2 rings (SSSR count). The van der Waals surface area contributed by atoms with Crippen molar-refractivity contribution in [3.63, 3.8) is 0 Å². The lowest BCUT2D eigenvalue weighted by Gasteiger charge is -2.19. The second-order valence-electron chi connectivity index (χ2n) is 4.92. The van der Waals surface area contributed by atoms with E-state index in [1.165, 1.54) is 4.90 Å². The Morgan fingerprint density at radius 2 is 1.91 bits per heavy atom. The van der Waals surface area contributed by atoms with Gasteiger partial charge in [-0.05, 0) is 12.0 Å². The van der Waals surface area contributed by atoms with Crippen molar-refractivity contribution in [2.45, 2.75) is 19.4 Å². The molecule has 0 saturated carbocycles. The first-order valence-electron chi connectivity index (χ1n) is 6.79. The zero-order chi connectivity index (χ0) is 15.2. The van der Waals surface area contributed by atoms with Crippen LogP contribution in [0.3, 0.4) is 0 Å². The van der Waals surface area contributed by atoms with E-state index < -0.39 is 18.0 Å². The van der Waals surface area contributed by atoms with Crippen LogP contribution in [-0.4, -0.2) is 40.9 Å². The largest absolute Gasteiger partial charge is 0.481 e. The third-order valence-corrected chi connectivity index (χ3v) is 3.47. The van der Waals surface area contributed by atoms with Gasteiger partial charge in [0.15, 0.2) is 0 Å². The van der Waals surface area contributed by atoms with E-state index in [2.05, 4.69) is 0 Å². The van der Waals surface area contributed by atoms with Gasteiger partial charge in [-0.2, -0.15) is 0 Å². The number of carbonyl (C=O) groups is 3. The zero-order valence-corrected chi connectivity index (χ0v) is 12.8. The van der Waals surface area contributed by atoms with Crippen LogP contribution in [0.2, 0.25) is 0 Å². The molecule has 1 aliphatic heterocycles. The number of halogens is 1. The van der Waals surface area contributed by atoms with Gasteiger partial charge in [-0.15, -0.1) is 12.4 Å². The summed E-state index contributed by atoms with van der Waals surface area (Å²) in [6.07, 6.45) is -0.330. The molecule has 1 N–H and O–H groups in total. The summed E-state index contributed by atoms with van der Waals surface area (Å²) >= 11 is 0. The second kappa shape index (κ2) is 8.38. The van der Waals surface area contributed by atoms with Crippen molar-refractivity contribution in [3.8, 4) is 0 Å². The molecule has 1 aromatic rings. The van der Waals surface area contributed by atoms with Crippen LogP contribution >= 0.6 is 12.4 Å². The van der Waals surface area contributed by atoms with E-state index >= 15 is 0 Å². The highest BCUT2D eigenvalue weighted by Gasteiger charge is 2.31. The molecular formula is C15H18ClNO5. The maximum atomic E-state index is 12.0. The maximum Gasteiger partial charge on any atom is 0.410 e. The van der Waals surface area contributed by atoms with Crippen molar-refractivity contribution < 1.29 is 24.2 Å². The smallest absolute Gasteiger partial charge is 0.410 e. The van der Waals surface area contributed by atoms with E-state index in [1.54, 1.807) is 0 Å². The van der Waals surface area contributed by atoms with Crippen molar-refractivity contribution in [2.24, 2.45) is 5.92 Å². The lowest BCUT2D eigenvalue weighted by Crippen LogP contribution is -2.32. The number of amides is 1. The Bertz CT molecular complexity index is 534. The fourth-order valence-electron chi connectivity index (χ4n) is 2.23. The van der Waals surface area contributed by atoms with Crippen molar-refractivity contribution in [3.05, 3.63) is 35.9 Å². The number of hydrogen-bond donors (Lipinski definition) is 1. The number of benzene rings is 1. The third-order valence-electron chi connectivity index (χ3n) is 3.47. The summed E-state index contributed by atoms with van der Waals surface area (Å²) in [7, 11) is 0. The van der Waals surface area contributed by atoms with Gasteiger partial charge in [-0.3, -0.25) is 9.59 Å². The van der Waals surface area contributed by atoms with Crippen molar-refractivity contribution in [2.75, 3.05) is 13.1 Å². The highest BCUT2D eigenvalue weighted by molar-refractivity contribution is 5.98. The number of carboxylic acid groups (broad SMARTS) is 1. The van der Waals surface area contributed by atoms with Gasteiger partial charge in [-0.25, -0.2) is 4.79 Å². The number of nitrogens with zero attached hydrogens (tertiary/aromatic N) is 1. The molecule has 1 amide bonds. The first-order chi connectivity index (χ1) is 10.1. The minimum Gasteiger partial charge on any atom is -0.481 e. The molecule has 120 valence electrons. The van der Waals surface area contributed by atoms with Gasteiger partial charge in [0.1, 0.15) is 18.3 Å². The number of likely N-dealkylation sites (tertiary alicyclic amines) is 1. The van der Waals surface area contributed by atoms with E-state index in [1.807, 2.05) is 30.3 Å². The molecule has 1 aromatic carbocycles. The predicted octanol–water partition coefficient (Wildman–Crippen LogP) is 2.11. The van der Waals surface area contributed by atoms with Gasteiger partial charge in [-0.1, -0.05) is 30.3 Å². The highest BCUT2D eigenvalue weighted by atomic mass is 35.5. The molecule has 7 heteroatoms. The number of Topliss-reactive ketones (excluding diaryl/α,β-unsaturated/α-hetero) is 1. The van der Waals surface area contributed by atoms with E-state index in [0.717, 1.165) is 5.56 Å². The Morgan fingerprint density at radius 1 is 1.23 bits per heavy atom. The number of aliphatic carboxylic acids is 1. The number of carbonyl (C=O) groups excluding carboxylic acids is 2. The van der Waals surface area contributed by atoms with Gasteiger partial charge in [0, 0.05) is 19.5 Å². The molecule has 1 atom stereocenters. The first-order valence-corrected chi connectivity index (χ1v) is 6.79. The van der Waals surface area contributed by atoms with E-state index in [9.17, 15) is 14.4 Å². The fourth-order valence-corrected chi connectivity index (χ4v) is 2.23. The summed E-state index contributed by atoms with van der Waals surface area (Å²) in [5.41, 5.74) is 0.875. The van der Waals surface area contributed by atoms with Gasteiger partial charge < -0.3 is 14.7 Å². The summed E-state index contributed by atoms with van der Waals surface area (Å²) in [4.78, 5) is 35.9. The quantitative estimate of drug-likeness (QED) is 0.860. The fraction of sp³-hybridized carbons (Fsp3) is 0.400. The minimum atomic E-state index is -1.13. The monoisotopic (exact) mass is 327 g/mol. The molecule has 0 radical (unpaired) electrons. The summed E-state index contributed by atoms with van der Waals surface area (Å²) in [6.45, 7) is 0.582. The lowest BCUT2D eigenvalue weighted by molar-refractivity contribution is -0.146. The average molecular weight is 328 g/mol. The molecular weight excluding hydrogens is 310 g/mol. The zero-order valence-electron chi connectivity index (χ0n) is 11.9. The van der Waals surface area contributed by atoms with Crippen LogP contribution in [0.15, 0.2) is 30.3 Å². The molecule has 0 aromatic heterocycles. The molecule has 0 aliphatic carbocycles. The van der Waals surface area contributed by atoms with Gasteiger partial charge in [0.2, 0.25) is 0 Å². The highest BCUT2D eigenvalue weighted by Crippen LogP contribution is 2.15. The molecule has 22 heavy (non-hydrogen) atoms. The molecule has 6 nitrogen and oxygen atoms in total. The van der Waals surface area contributed by atoms with Crippen molar-refractivity contribution in [1.29, 1.82) is 0 Å². The maximum absolute atomic E-state index is 12.0. The van der Waals surface area contributed by atoms with E-state index in [0.29, 0.717) is 0 Å². The molecule has 0 spiro atoms. The topological polar surface area (TPSA) is 83.9 Å². The van der Waals surface area contributed by atoms with Crippen LogP contribution < -0.4 is 0 Å². The Hall–Kier alpha value is -2.08. The number of rotatable bonds is 3.